The van der Waals surface area contributed by atoms with Crippen LogP contribution in [0.1, 0.15) is 20.8 Å². The van der Waals surface area contributed by atoms with Gasteiger partial charge in [0, 0.05) is 9.35 Å². The van der Waals surface area contributed by atoms with Gasteiger partial charge in [0.2, 0.25) is 0 Å². The standard InChI is InChI=1S/C12H5Br3ClF3S/c13-5-1-2-6(7(3-5)12(17,18)19)10(14)9-4-8(16)11(15)20-9/h1-4,10H. The van der Waals surface area contributed by atoms with E-state index in [4.69, 9.17) is 11.6 Å². The number of benzene rings is 1. The van der Waals surface area contributed by atoms with E-state index in [2.05, 4.69) is 47.8 Å². The lowest BCUT2D eigenvalue weighted by Crippen LogP contribution is -2.10. The lowest BCUT2D eigenvalue weighted by molar-refractivity contribution is -0.138. The first-order valence-electron chi connectivity index (χ1n) is 5.15. The van der Waals surface area contributed by atoms with Crippen LogP contribution in [0.15, 0.2) is 32.5 Å². The van der Waals surface area contributed by atoms with Crippen molar-refractivity contribution >= 4 is 70.7 Å². The van der Waals surface area contributed by atoms with Gasteiger partial charge in [0.1, 0.15) is 0 Å². The molecule has 2 rings (SSSR count). The topological polar surface area (TPSA) is 0 Å². The summed E-state index contributed by atoms with van der Waals surface area (Å²) in [6.07, 6.45) is -4.41. The molecule has 20 heavy (non-hydrogen) atoms. The van der Waals surface area contributed by atoms with Crippen LogP contribution in [0.25, 0.3) is 0 Å². The number of hydrogen-bond donors (Lipinski definition) is 0. The van der Waals surface area contributed by atoms with Crippen LogP contribution in [0.3, 0.4) is 0 Å². The van der Waals surface area contributed by atoms with Crippen molar-refractivity contribution < 1.29 is 13.2 Å². The molecule has 0 radical (unpaired) electrons. The quantitative estimate of drug-likeness (QED) is 0.367. The van der Waals surface area contributed by atoms with Crippen LogP contribution >= 0.6 is 70.7 Å². The Balaban J connectivity index is 2.52. The van der Waals surface area contributed by atoms with Crippen molar-refractivity contribution in [2.75, 3.05) is 0 Å². The van der Waals surface area contributed by atoms with E-state index in [1.54, 1.807) is 12.1 Å². The summed E-state index contributed by atoms with van der Waals surface area (Å²) in [6.45, 7) is 0. The molecule has 1 heterocycles. The zero-order chi connectivity index (χ0) is 15.1. The van der Waals surface area contributed by atoms with Crippen LogP contribution in [0, 0.1) is 0 Å². The molecule has 0 amide bonds. The zero-order valence-corrected chi connectivity index (χ0v) is 15.8. The highest BCUT2D eigenvalue weighted by atomic mass is 79.9. The molecule has 0 nitrogen and oxygen atoms in total. The fourth-order valence-corrected chi connectivity index (χ4v) is 4.55. The maximum absolute atomic E-state index is 13.1. The molecule has 0 bridgehead atoms. The summed E-state index contributed by atoms with van der Waals surface area (Å²) in [7, 11) is 0. The fraction of sp³-hybridized carbons (Fsp3) is 0.167. The Morgan fingerprint density at radius 2 is 1.80 bits per heavy atom. The van der Waals surface area contributed by atoms with Crippen molar-refractivity contribution in [1.29, 1.82) is 0 Å². The zero-order valence-electron chi connectivity index (χ0n) is 9.44. The van der Waals surface area contributed by atoms with E-state index in [9.17, 15) is 13.2 Å². The maximum atomic E-state index is 13.1. The van der Waals surface area contributed by atoms with Gasteiger partial charge in [-0.2, -0.15) is 13.2 Å². The largest absolute Gasteiger partial charge is 0.416 e. The van der Waals surface area contributed by atoms with Crippen LogP contribution in [0.5, 0.6) is 0 Å². The number of thiophene rings is 1. The molecule has 1 aromatic heterocycles. The van der Waals surface area contributed by atoms with E-state index < -0.39 is 16.6 Å². The monoisotopic (exact) mass is 510 g/mol. The second-order valence-corrected chi connectivity index (χ2v) is 8.50. The van der Waals surface area contributed by atoms with Crippen LogP contribution < -0.4 is 0 Å². The van der Waals surface area contributed by atoms with E-state index in [-0.39, 0.29) is 5.56 Å². The van der Waals surface area contributed by atoms with Gasteiger partial charge >= 0.3 is 6.18 Å². The Labute approximate surface area is 147 Å². The first kappa shape index (κ1) is 16.8. The summed E-state index contributed by atoms with van der Waals surface area (Å²) < 4.78 is 40.4. The third-order valence-electron chi connectivity index (χ3n) is 2.51. The summed E-state index contributed by atoms with van der Waals surface area (Å²) in [6, 6.07) is 5.77. The summed E-state index contributed by atoms with van der Waals surface area (Å²) in [5, 5.41) is 0.486. The lowest BCUT2D eigenvalue weighted by Gasteiger charge is -2.16. The summed E-state index contributed by atoms with van der Waals surface area (Å²) in [5.74, 6) is 0. The highest BCUT2D eigenvalue weighted by molar-refractivity contribution is 9.11. The minimum Gasteiger partial charge on any atom is -0.166 e. The van der Waals surface area contributed by atoms with E-state index in [0.29, 0.717) is 18.2 Å². The highest BCUT2D eigenvalue weighted by Crippen LogP contribution is 2.45. The maximum Gasteiger partial charge on any atom is 0.416 e. The predicted octanol–water partition coefficient (Wildman–Crippen LogP) is 7.43. The normalized spacial score (nSPS) is 13.6. The van der Waals surface area contributed by atoms with Gasteiger partial charge in [-0.15, -0.1) is 11.3 Å². The fourth-order valence-electron chi connectivity index (χ4n) is 1.64. The highest BCUT2D eigenvalue weighted by Gasteiger charge is 2.35. The number of halogens is 7. The minimum atomic E-state index is -4.41. The van der Waals surface area contributed by atoms with Crippen LogP contribution in [-0.2, 0) is 6.18 Å². The predicted molar refractivity (Wildman–Crippen MR) is 86.9 cm³/mol. The van der Waals surface area contributed by atoms with Crippen molar-refractivity contribution in [2.45, 2.75) is 11.0 Å². The third kappa shape index (κ3) is 3.61. The molecular weight excluding hydrogens is 508 g/mol. The molecular formula is C12H5Br3ClF3S. The molecule has 0 saturated carbocycles. The van der Waals surface area contributed by atoms with Crippen LogP contribution in [0.4, 0.5) is 13.2 Å². The van der Waals surface area contributed by atoms with Gasteiger partial charge in [-0.3, -0.25) is 0 Å². The third-order valence-corrected chi connectivity index (χ3v) is 6.83. The number of hydrogen-bond acceptors (Lipinski definition) is 1. The van der Waals surface area contributed by atoms with E-state index in [1.165, 1.54) is 17.4 Å². The first-order valence-corrected chi connectivity index (χ1v) is 8.85. The van der Waals surface area contributed by atoms with E-state index in [1.807, 2.05) is 0 Å². The molecule has 0 saturated heterocycles. The molecule has 8 heteroatoms. The van der Waals surface area contributed by atoms with Gasteiger partial charge in [0.05, 0.1) is 19.2 Å². The Morgan fingerprint density at radius 3 is 2.30 bits per heavy atom. The number of alkyl halides is 4. The van der Waals surface area contributed by atoms with Gasteiger partial charge in [0.15, 0.2) is 0 Å². The molecule has 0 aliphatic carbocycles. The summed E-state index contributed by atoms with van der Waals surface area (Å²) in [5.41, 5.74) is -0.513. The lowest BCUT2D eigenvalue weighted by atomic mass is 10.0. The molecule has 0 aliphatic rings. The average molecular weight is 513 g/mol. The Morgan fingerprint density at radius 1 is 1.15 bits per heavy atom. The summed E-state index contributed by atoms with van der Waals surface area (Å²) >= 11 is 16.9. The minimum absolute atomic E-state index is 0.158. The molecule has 1 aromatic carbocycles. The number of rotatable bonds is 2. The van der Waals surface area contributed by atoms with Crippen molar-refractivity contribution in [3.05, 3.63) is 53.6 Å². The van der Waals surface area contributed by atoms with Gasteiger partial charge in [-0.1, -0.05) is 49.5 Å². The second-order valence-electron chi connectivity index (χ2n) is 3.86. The molecule has 1 atom stereocenters. The van der Waals surface area contributed by atoms with Crippen molar-refractivity contribution in [2.24, 2.45) is 0 Å². The van der Waals surface area contributed by atoms with Crippen molar-refractivity contribution in [3.8, 4) is 0 Å². The molecule has 2 aromatic rings. The van der Waals surface area contributed by atoms with Gasteiger partial charge in [-0.25, -0.2) is 0 Å². The van der Waals surface area contributed by atoms with Gasteiger partial charge < -0.3 is 0 Å². The Bertz CT molecular complexity index is 620. The molecule has 0 fully saturated rings. The van der Waals surface area contributed by atoms with Crippen LogP contribution in [0.2, 0.25) is 5.02 Å². The molecule has 0 spiro atoms. The van der Waals surface area contributed by atoms with Gasteiger partial charge in [0.25, 0.3) is 0 Å². The van der Waals surface area contributed by atoms with Crippen LogP contribution in [-0.4, -0.2) is 0 Å². The molecule has 108 valence electrons. The first-order chi connectivity index (χ1) is 9.20. The second kappa shape index (κ2) is 6.28. The average Bonchev–Trinajstić information content (AvgIpc) is 2.67. The summed E-state index contributed by atoms with van der Waals surface area (Å²) in [4.78, 5) is 0.135. The van der Waals surface area contributed by atoms with E-state index in [0.717, 1.165) is 6.07 Å². The van der Waals surface area contributed by atoms with E-state index >= 15 is 0 Å². The van der Waals surface area contributed by atoms with Crippen molar-refractivity contribution in [3.63, 3.8) is 0 Å². The molecule has 1 unspecified atom stereocenters. The Kier molecular flexibility index (Phi) is 5.28. The molecule has 0 aliphatic heterocycles. The van der Waals surface area contributed by atoms with Gasteiger partial charge in [-0.05, 0) is 39.7 Å². The smallest absolute Gasteiger partial charge is 0.166 e. The molecule has 0 N–H and O–H groups in total. The van der Waals surface area contributed by atoms with Crippen molar-refractivity contribution in [1.82, 2.24) is 0 Å². The SMILES string of the molecule is FC(F)(F)c1cc(Br)ccc1C(Br)c1cc(Cl)c(Br)s1. The Hall–Kier alpha value is 0.440.